The lowest BCUT2D eigenvalue weighted by molar-refractivity contribution is 0.0755. The molecule has 0 aromatic carbocycles. The summed E-state index contributed by atoms with van der Waals surface area (Å²) in [6.45, 7) is 5.72. The van der Waals surface area contributed by atoms with Gasteiger partial charge >= 0.3 is 0 Å². The van der Waals surface area contributed by atoms with Crippen LogP contribution < -0.4 is 11.2 Å². The van der Waals surface area contributed by atoms with Crippen LogP contribution in [0, 0.1) is 13.8 Å². The van der Waals surface area contributed by atoms with E-state index in [0.717, 1.165) is 47.4 Å². The van der Waals surface area contributed by atoms with E-state index >= 15 is 0 Å². The molecule has 1 saturated heterocycles. The third kappa shape index (κ3) is 2.73. The Kier molecular flexibility index (Phi) is 3.82. The summed E-state index contributed by atoms with van der Waals surface area (Å²) in [6, 6.07) is 1.99. The lowest BCUT2D eigenvalue weighted by Gasteiger charge is -2.26. The van der Waals surface area contributed by atoms with Gasteiger partial charge in [0.25, 0.3) is 5.91 Å². The molecule has 3 rings (SSSR count). The summed E-state index contributed by atoms with van der Waals surface area (Å²) in [5.74, 6) is -0.104. The van der Waals surface area contributed by atoms with Crippen molar-refractivity contribution in [3.63, 3.8) is 0 Å². The number of carbonyl (C=O) groups excluding carboxylic acids is 1. The maximum atomic E-state index is 12.5. The highest BCUT2D eigenvalue weighted by Gasteiger charge is 2.21. The monoisotopic (exact) mass is 304 g/mol. The largest absolute Gasteiger partial charge is 0.397 e. The van der Waals surface area contributed by atoms with Gasteiger partial charge in [-0.1, -0.05) is 6.42 Å². The number of piperidine rings is 1. The van der Waals surface area contributed by atoms with Crippen LogP contribution in [0.2, 0.25) is 0 Å². The van der Waals surface area contributed by atoms with Gasteiger partial charge in [-0.05, 0) is 32.8 Å². The standard InChI is InChI=1S/C15H20N4OS/c1-9-8-11-12(10(2)17-9)13(16)14(21-11)15(20)18-19-6-4-3-5-7-19/h8H,3-7,16H2,1-2H3,(H,18,20). The van der Waals surface area contributed by atoms with Crippen LogP contribution in [0.3, 0.4) is 0 Å². The second kappa shape index (κ2) is 5.61. The van der Waals surface area contributed by atoms with Crippen LogP contribution in [-0.2, 0) is 0 Å². The predicted molar refractivity (Wildman–Crippen MR) is 86.4 cm³/mol. The maximum Gasteiger partial charge on any atom is 0.277 e. The van der Waals surface area contributed by atoms with Gasteiger partial charge < -0.3 is 5.73 Å². The third-order valence-electron chi connectivity index (χ3n) is 3.84. The second-order valence-corrected chi connectivity index (χ2v) is 6.61. The van der Waals surface area contributed by atoms with Crippen molar-refractivity contribution in [3.05, 3.63) is 22.3 Å². The average Bonchev–Trinajstić information content (AvgIpc) is 2.77. The summed E-state index contributed by atoms with van der Waals surface area (Å²) in [5.41, 5.74) is 11.5. The fourth-order valence-corrected chi connectivity index (χ4v) is 4.01. The van der Waals surface area contributed by atoms with E-state index in [1.54, 1.807) is 0 Å². The van der Waals surface area contributed by atoms with Crippen molar-refractivity contribution in [2.75, 3.05) is 18.8 Å². The predicted octanol–water partition coefficient (Wildman–Crippen LogP) is 2.63. The van der Waals surface area contributed by atoms with Crippen LogP contribution in [0.5, 0.6) is 0 Å². The van der Waals surface area contributed by atoms with Crippen LogP contribution in [0.1, 0.15) is 40.3 Å². The van der Waals surface area contributed by atoms with Crippen molar-refractivity contribution in [3.8, 4) is 0 Å². The number of amides is 1. The van der Waals surface area contributed by atoms with E-state index in [1.807, 2.05) is 24.9 Å². The average molecular weight is 304 g/mol. The number of rotatable bonds is 2. The first-order chi connectivity index (χ1) is 10.1. The number of anilines is 1. The number of aromatic nitrogens is 1. The van der Waals surface area contributed by atoms with Crippen LogP contribution in [0.25, 0.3) is 10.1 Å². The topological polar surface area (TPSA) is 71.2 Å². The molecule has 5 nitrogen and oxygen atoms in total. The van der Waals surface area contributed by atoms with Crippen LogP contribution in [0.15, 0.2) is 6.07 Å². The molecule has 0 radical (unpaired) electrons. The molecule has 21 heavy (non-hydrogen) atoms. The summed E-state index contributed by atoms with van der Waals surface area (Å²) in [5, 5.41) is 2.90. The van der Waals surface area contributed by atoms with E-state index < -0.39 is 0 Å². The normalized spacial score (nSPS) is 16.3. The molecule has 0 bridgehead atoms. The fourth-order valence-electron chi connectivity index (χ4n) is 2.85. The van der Waals surface area contributed by atoms with E-state index in [9.17, 15) is 4.79 Å². The Balaban J connectivity index is 1.91. The highest BCUT2D eigenvalue weighted by molar-refractivity contribution is 7.21. The third-order valence-corrected chi connectivity index (χ3v) is 4.99. The van der Waals surface area contributed by atoms with E-state index in [2.05, 4.69) is 10.4 Å². The molecule has 112 valence electrons. The van der Waals surface area contributed by atoms with Crippen molar-refractivity contribution in [1.29, 1.82) is 0 Å². The Morgan fingerprint density at radius 3 is 2.76 bits per heavy atom. The van der Waals surface area contributed by atoms with Gasteiger partial charge in [-0.2, -0.15) is 0 Å². The Labute approximate surface area is 128 Å². The summed E-state index contributed by atoms with van der Waals surface area (Å²) >= 11 is 1.45. The number of pyridine rings is 1. The van der Waals surface area contributed by atoms with Crippen molar-refractivity contribution >= 4 is 33.0 Å². The highest BCUT2D eigenvalue weighted by Crippen LogP contribution is 2.35. The quantitative estimate of drug-likeness (QED) is 0.894. The summed E-state index contributed by atoms with van der Waals surface area (Å²) in [6.07, 6.45) is 3.50. The molecule has 1 fully saturated rings. The van der Waals surface area contributed by atoms with Gasteiger partial charge in [-0.15, -0.1) is 11.3 Å². The van der Waals surface area contributed by atoms with Crippen LogP contribution in [-0.4, -0.2) is 29.0 Å². The van der Waals surface area contributed by atoms with E-state index in [-0.39, 0.29) is 5.91 Å². The molecular formula is C15H20N4OS. The minimum atomic E-state index is -0.104. The number of hydrogen-bond acceptors (Lipinski definition) is 5. The van der Waals surface area contributed by atoms with Gasteiger partial charge in [0.15, 0.2) is 0 Å². The first-order valence-corrected chi connectivity index (χ1v) is 8.10. The Bertz CT molecular complexity index is 689. The van der Waals surface area contributed by atoms with Gasteiger partial charge in [0.2, 0.25) is 0 Å². The smallest absolute Gasteiger partial charge is 0.277 e. The van der Waals surface area contributed by atoms with Crippen LogP contribution >= 0.6 is 11.3 Å². The molecule has 1 aliphatic heterocycles. The number of fused-ring (bicyclic) bond motifs is 1. The molecule has 3 heterocycles. The number of hydrogen-bond donors (Lipinski definition) is 2. The Hall–Kier alpha value is -1.66. The zero-order chi connectivity index (χ0) is 15.0. The summed E-state index contributed by atoms with van der Waals surface area (Å²) < 4.78 is 1.03. The molecule has 2 aromatic heterocycles. The second-order valence-electron chi connectivity index (χ2n) is 5.56. The van der Waals surface area contributed by atoms with E-state index in [0.29, 0.717) is 10.6 Å². The van der Waals surface area contributed by atoms with E-state index in [4.69, 9.17) is 5.73 Å². The number of nitrogens with zero attached hydrogens (tertiary/aromatic N) is 2. The van der Waals surface area contributed by atoms with Crippen molar-refractivity contribution in [1.82, 2.24) is 15.4 Å². The van der Waals surface area contributed by atoms with Gasteiger partial charge in [-0.3, -0.25) is 15.2 Å². The summed E-state index contributed by atoms with van der Waals surface area (Å²) in [4.78, 5) is 17.5. The lowest BCUT2D eigenvalue weighted by Crippen LogP contribution is -2.44. The minimum absolute atomic E-state index is 0.104. The zero-order valence-electron chi connectivity index (χ0n) is 12.4. The van der Waals surface area contributed by atoms with Crippen molar-refractivity contribution < 1.29 is 4.79 Å². The highest BCUT2D eigenvalue weighted by atomic mass is 32.1. The minimum Gasteiger partial charge on any atom is -0.397 e. The molecule has 1 aliphatic rings. The molecule has 0 aliphatic carbocycles. The zero-order valence-corrected chi connectivity index (χ0v) is 13.2. The molecule has 0 spiro atoms. The molecule has 3 N–H and O–H groups in total. The maximum absolute atomic E-state index is 12.5. The lowest BCUT2D eigenvalue weighted by atomic mass is 10.2. The first kappa shape index (κ1) is 14.3. The van der Waals surface area contributed by atoms with Crippen molar-refractivity contribution in [2.24, 2.45) is 0 Å². The number of nitrogen functional groups attached to an aromatic ring is 1. The molecule has 6 heteroatoms. The van der Waals surface area contributed by atoms with Crippen molar-refractivity contribution in [2.45, 2.75) is 33.1 Å². The molecule has 0 unspecified atom stereocenters. The molecule has 1 amide bonds. The SMILES string of the molecule is Cc1cc2sc(C(=O)NN3CCCCC3)c(N)c2c(C)n1. The van der Waals surface area contributed by atoms with Crippen LogP contribution in [0.4, 0.5) is 5.69 Å². The number of aryl methyl sites for hydroxylation is 2. The molecule has 2 aromatic rings. The first-order valence-electron chi connectivity index (χ1n) is 7.28. The summed E-state index contributed by atoms with van der Waals surface area (Å²) in [7, 11) is 0. The molecule has 0 saturated carbocycles. The van der Waals surface area contributed by atoms with Gasteiger partial charge in [0.05, 0.1) is 5.69 Å². The molecular weight excluding hydrogens is 284 g/mol. The number of nitrogens with one attached hydrogen (secondary N) is 1. The van der Waals surface area contributed by atoms with Gasteiger partial charge in [0, 0.05) is 34.6 Å². The fraction of sp³-hybridized carbons (Fsp3) is 0.467. The van der Waals surface area contributed by atoms with Gasteiger partial charge in [-0.25, -0.2) is 5.01 Å². The molecule has 0 atom stereocenters. The number of nitrogens with two attached hydrogens (primary N) is 1. The number of hydrazine groups is 1. The van der Waals surface area contributed by atoms with Gasteiger partial charge in [0.1, 0.15) is 4.88 Å². The Morgan fingerprint density at radius 2 is 2.05 bits per heavy atom. The number of carbonyl (C=O) groups is 1. The number of thiophene rings is 1. The van der Waals surface area contributed by atoms with E-state index in [1.165, 1.54) is 17.8 Å². The Morgan fingerprint density at radius 1 is 1.33 bits per heavy atom.